The highest BCUT2D eigenvalue weighted by Gasteiger charge is 2.32. The average Bonchev–Trinajstić information content (AvgIpc) is 2.59. The first-order valence-electron chi connectivity index (χ1n) is 5.22. The molecule has 0 bridgehead atoms. The summed E-state index contributed by atoms with van der Waals surface area (Å²) in [6.07, 6.45) is 1.17. The second kappa shape index (κ2) is 2.95. The third kappa shape index (κ3) is 1.12. The molecule has 5 heteroatoms. The van der Waals surface area contributed by atoms with E-state index < -0.39 is 0 Å². The van der Waals surface area contributed by atoms with Crippen LogP contribution >= 0.6 is 0 Å². The van der Waals surface area contributed by atoms with Crippen LogP contribution in [0.5, 0.6) is 0 Å². The molecule has 0 amide bonds. The predicted octanol–water partition coefficient (Wildman–Crippen LogP) is 0.163. The summed E-state index contributed by atoms with van der Waals surface area (Å²) in [5.41, 5.74) is 0. The molecule has 3 heterocycles. The molecule has 1 saturated heterocycles. The highest BCUT2D eigenvalue weighted by atomic mass is 15.4. The lowest BCUT2D eigenvalue weighted by molar-refractivity contribution is 0.236. The standard InChI is InChI=1S/C9H15N5/c1-6-12-9-11-5-7-4-10-3-2-8(7)14(9)13-6/h7-8,10H,2-5H2,1H3,(H,11,12,13). The largest absolute Gasteiger partial charge is 0.354 e. The fourth-order valence-electron chi connectivity index (χ4n) is 2.44. The van der Waals surface area contributed by atoms with Gasteiger partial charge in [-0.3, -0.25) is 0 Å². The van der Waals surface area contributed by atoms with Gasteiger partial charge in [0.25, 0.3) is 0 Å². The molecular weight excluding hydrogens is 178 g/mol. The van der Waals surface area contributed by atoms with Gasteiger partial charge in [-0.05, 0) is 19.9 Å². The minimum atomic E-state index is 0.550. The van der Waals surface area contributed by atoms with Crippen molar-refractivity contribution >= 4 is 5.95 Å². The Morgan fingerprint density at radius 2 is 2.36 bits per heavy atom. The van der Waals surface area contributed by atoms with E-state index in [4.69, 9.17) is 0 Å². The van der Waals surface area contributed by atoms with E-state index in [1.807, 2.05) is 6.92 Å². The smallest absolute Gasteiger partial charge is 0.221 e. The second-order valence-corrected chi connectivity index (χ2v) is 4.13. The molecule has 2 aliphatic rings. The fraction of sp³-hybridized carbons (Fsp3) is 0.778. The lowest BCUT2D eigenvalue weighted by Gasteiger charge is -2.36. The van der Waals surface area contributed by atoms with Gasteiger partial charge in [-0.1, -0.05) is 0 Å². The van der Waals surface area contributed by atoms with E-state index in [2.05, 4.69) is 25.4 Å². The van der Waals surface area contributed by atoms with Gasteiger partial charge < -0.3 is 10.6 Å². The van der Waals surface area contributed by atoms with Crippen LogP contribution in [0, 0.1) is 12.8 Å². The Kier molecular flexibility index (Phi) is 1.73. The zero-order valence-electron chi connectivity index (χ0n) is 8.32. The number of aromatic nitrogens is 3. The number of hydrogen-bond donors (Lipinski definition) is 2. The van der Waals surface area contributed by atoms with Crippen molar-refractivity contribution in [3.63, 3.8) is 0 Å². The first-order valence-corrected chi connectivity index (χ1v) is 5.22. The van der Waals surface area contributed by atoms with Crippen molar-refractivity contribution in [1.29, 1.82) is 0 Å². The van der Waals surface area contributed by atoms with Crippen molar-refractivity contribution in [1.82, 2.24) is 20.1 Å². The van der Waals surface area contributed by atoms with Crippen LogP contribution in [0.4, 0.5) is 5.95 Å². The normalized spacial score (nSPS) is 30.4. The highest BCUT2D eigenvalue weighted by Crippen LogP contribution is 2.30. The quantitative estimate of drug-likeness (QED) is 0.616. The lowest BCUT2D eigenvalue weighted by atomic mass is 9.92. The number of rotatable bonds is 0. The molecule has 1 aromatic heterocycles. The van der Waals surface area contributed by atoms with Gasteiger partial charge in [0.1, 0.15) is 5.82 Å². The molecule has 1 fully saturated rings. The van der Waals surface area contributed by atoms with Crippen LogP contribution in [0.25, 0.3) is 0 Å². The summed E-state index contributed by atoms with van der Waals surface area (Å²) in [6, 6.07) is 0.550. The molecule has 2 unspecified atom stereocenters. The van der Waals surface area contributed by atoms with E-state index in [-0.39, 0.29) is 0 Å². The van der Waals surface area contributed by atoms with Gasteiger partial charge in [-0.2, -0.15) is 10.1 Å². The summed E-state index contributed by atoms with van der Waals surface area (Å²) in [6.45, 7) is 5.16. The summed E-state index contributed by atoms with van der Waals surface area (Å²) in [5.74, 6) is 2.48. The van der Waals surface area contributed by atoms with Gasteiger partial charge in [-0.15, -0.1) is 0 Å². The average molecular weight is 193 g/mol. The monoisotopic (exact) mass is 193 g/mol. The molecule has 0 radical (unpaired) electrons. The number of fused-ring (bicyclic) bond motifs is 3. The van der Waals surface area contributed by atoms with Crippen molar-refractivity contribution in [3.8, 4) is 0 Å². The topological polar surface area (TPSA) is 54.8 Å². The van der Waals surface area contributed by atoms with Crippen LogP contribution in [0.15, 0.2) is 0 Å². The van der Waals surface area contributed by atoms with E-state index in [0.717, 1.165) is 31.4 Å². The molecule has 1 aromatic rings. The van der Waals surface area contributed by atoms with Gasteiger partial charge in [0.15, 0.2) is 0 Å². The maximum atomic E-state index is 4.45. The van der Waals surface area contributed by atoms with Crippen molar-refractivity contribution in [3.05, 3.63) is 5.82 Å². The first-order chi connectivity index (χ1) is 6.84. The van der Waals surface area contributed by atoms with Gasteiger partial charge in [0.05, 0.1) is 6.04 Å². The number of anilines is 1. The van der Waals surface area contributed by atoms with E-state index >= 15 is 0 Å². The Balaban J connectivity index is 1.98. The molecule has 5 nitrogen and oxygen atoms in total. The summed E-state index contributed by atoms with van der Waals surface area (Å²) in [4.78, 5) is 4.36. The van der Waals surface area contributed by atoms with Gasteiger partial charge in [0, 0.05) is 19.0 Å². The number of nitrogens with zero attached hydrogens (tertiary/aromatic N) is 3. The molecule has 2 aliphatic heterocycles. The maximum Gasteiger partial charge on any atom is 0.221 e. The SMILES string of the molecule is Cc1nc2n(n1)C1CCNCC1CN2. The number of piperidine rings is 1. The number of nitrogens with one attached hydrogen (secondary N) is 2. The third-order valence-electron chi connectivity index (χ3n) is 3.14. The van der Waals surface area contributed by atoms with Crippen LogP contribution in [0.3, 0.4) is 0 Å². The Bertz CT molecular complexity index is 345. The summed E-state index contributed by atoms with van der Waals surface area (Å²) >= 11 is 0. The van der Waals surface area contributed by atoms with Gasteiger partial charge >= 0.3 is 0 Å². The van der Waals surface area contributed by atoms with Crippen LogP contribution in [0.1, 0.15) is 18.3 Å². The number of hydrogen-bond acceptors (Lipinski definition) is 4. The van der Waals surface area contributed by atoms with Crippen LogP contribution in [-0.4, -0.2) is 34.4 Å². The molecule has 2 atom stereocenters. The lowest BCUT2D eigenvalue weighted by Crippen LogP contribution is -2.44. The van der Waals surface area contributed by atoms with Crippen LogP contribution < -0.4 is 10.6 Å². The minimum absolute atomic E-state index is 0.550. The molecular formula is C9H15N5. The molecule has 3 rings (SSSR count). The summed E-state index contributed by atoms with van der Waals surface area (Å²) in [5, 5.41) is 11.2. The van der Waals surface area contributed by atoms with Gasteiger partial charge in [-0.25, -0.2) is 4.68 Å². The second-order valence-electron chi connectivity index (χ2n) is 4.13. The predicted molar refractivity (Wildman–Crippen MR) is 53.3 cm³/mol. The molecule has 0 aromatic carbocycles. The molecule has 0 saturated carbocycles. The van der Waals surface area contributed by atoms with Gasteiger partial charge in [0.2, 0.25) is 5.95 Å². The Morgan fingerprint density at radius 3 is 3.29 bits per heavy atom. The third-order valence-corrected chi connectivity index (χ3v) is 3.14. The van der Waals surface area contributed by atoms with Crippen molar-refractivity contribution in [2.24, 2.45) is 5.92 Å². The van der Waals surface area contributed by atoms with Crippen molar-refractivity contribution in [2.75, 3.05) is 25.0 Å². The molecule has 76 valence electrons. The van der Waals surface area contributed by atoms with E-state index in [0.29, 0.717) is 12.0 Å². The Morgan fingerprint density at radius 1 is 1.43 bits per heavy atom. The molecule has 0 spiro atoms. The van der Waals surface area contributed by atoms with E-state index in [1.54, 1.807) is 0 Å². The minimum Gasteiger partial charge on any atom is -0.354 e. The molecule has 0 aliphatic carbocycles. The summed E-state index contributed by atoms with van der Waals surface area (Å²) < 4.78 is 2.07. The van der Waals surface area contributed by atoms with Crippen LogP contribution in [-0.2, 0) is 0 Å². The van der Waals surface area contributed by atoms with Crippen molar-refractivity contribution in [2.45, 2.75) is 19.4 Å². The number of aryl methyl sites for hydroxylation is 1. The van der Waals surface area contributed by atoms with Crippen LogP contribution in [0.2, 0.25) is 0 Å². The van der Waals surface area contributed by atoms with Crippen molar-refractivity contribution < 1.29 is 0 Å². The maximum absolute atomic E-state index is 4.45. The first kappa shape index (κ1) is 8.23. The molecule has 2 N–H and O–H groups in total. The van der Waals surface area contributed by atoms with E-state index in [9.17, 15) is 0 Å². The fourth-order valence-corrected chi connectivity index (χ4v) is 2.44. The van der Waals surface area contributed by atoms with E-state index in [1.165, 1.54) is 6.42 Å². The highest BCUT2D eigenvalue weighted by molar-refractivity contribution is 5.29. The zero-order valence-corrected chi connectivity index (χ0v) is 8.32. The zero-order chi connectivity index (χ0) is 9.54. The molecule has 14 heavy (non-hydrogen) atoms. The Hall–Kier alpha value is -1.10. The Labute approximate surface area is 82.9 Å². The summed E-state index contributed by atoms with van der Waals surface area (Å²) in [7, 11) is 0.